The van der Waals surface area contributed by atoms with Crippen LogP contribution in [0.5, 0.6) is 0 Å². The van der Waals surface area contributed by atoms with Gasteiger partial charge in [0, 0.05) is 17.5 Å². The Hall–Kier alpha value is -1.84. The summed E-state index contributed by atoms with van der Waals surface area (Å²) in [6, 6.07) is 4.86. The zero-order valence-electron chi connectivity index (χ0n) is 8.40. The van der Waals surface area contributed by atoms with E-state index in [1.807, 2.05) is 6.07 Å². The van der Waals surface area contributed by atoms with Gasteiger partial charge >= 0.3 is 5.97 Å². The van der Waals surface area contributed by atoms with Crippen LogP contribution >= 0.6 is 0 Å². The minimum absolute atomic E-state index is 0.0352. The van der Waals surface area contributed by atoms with Crippen molar-refractivity contribution in [2.75, 3.05) is 0 Å². The zero-order valence-corrected chi connectivity index (χ0v) is 8.40. The second-order valence-corrected chi connectivity index (χ2v) is 4.19. The minimum atomic E-state index is -0.768. The van der Waals surface area contributed by atoms with Crippen molar-refractivity contribution in [2.45, 2.75) is 12.3 Å². The lowest BCUT2D eigenvalue weighted by atomic mass is 10.1. The highest BCUT2D eigenvalue weighted by Crippen LogP contribution is 2.49. The minimum Gasteiger partial charge on any atom is -0.481 e. The number of aromatic nitrogens is 1. The standard InChI is InChI=1S/C12H10FNO2/c13-10-3-1-2-6-9(5-14-11(6)10)7-4-8(7)12(15)16/h1-3,5,7-8,14H,4H2,(H,15,16)/t7-,8-/m1/s1. The quantitative estimate of drug-likeness (QED) is 0.815. The lowest BCUT2D eigenvalue weighted by Crippen LogP contribution is -1.98. The number of fused-ring (bicyclic) bond motifs is 1. The molecule has 0 amide bonds. The first kappa shape index (κ1) is 9.39. The van der Waals surface area contributed by atoms with E-state index in [-0.39, 0.29) is 17.7 Å². The van der Waals surface area contributed by atoms with Crippen LogP contribution in [0.3, 0.4) is 0 Å². The molecule has 3 rings (SSSR count). The number of H-pyrrole nitrogens is 1. The third kappa shape index (κ3) is 1.23. The van der Waals surface area contributed by atoms with Gasteiger partial charge in [0.1, 0.15) is 5.82 Å². The summed E-state index contributed by atoms with van der Waals surface area (Å²) >= 11 is 0. The van der Waals surface area contributed by atoms with Crippen LogP contribution in [0.2, 0.25) is 0 Å². The topological polar surface area (TPSA) is 53.1 Å². The van der Waals surface area contributed by atoms with Crippen LogP contribution in [0.4, 0.5) is 4.39 Å². The van der Waals surface area contributed by atoms with Crippen molar-refractivity contribution < 1.29 is 14.3 Å². The Labute approximate surface area is 90.9 Å². The maximum absolute atomic E-state index is 13.4. The summed E-state index contributed by atoms with van der Waals surface area (Å²) < 4.78 is 13.4. The van der Waals surface area contributed by atoms with Crippen molar-refractivity contribution in [3.8, 4) is 0 Å². The normalized spacial score (nSPS) is 23.6. The summed E-state index contributed by atoms with van der Waals surface area (Å²) in [5.74, 6) is -1.33. The first-order valence-corrected chi connectivity index (χ1v) is 5.17. The van der Waals surface area contributed by atoms with Crippen molar-refractivity contribution in [3.63, 3.8) is 0 Å². The molecule has 1 fully saturated rings. The van der Waals surface area contributed by atoms with Crippen molar-refractivity contribution in [1.29, 1.82) is 0 Å². The van der Waals surface area contributed by atoms with Crippen molar-refractivity contribution in [2.24, 2.45) is 5.92 Å². The average molecular weight is 219 g/mol. The van der Waals surface area contributed by atoms with Gasteiger partial charge < -0.3 is 10.1 Å². The number of rotatable bonds is 2. The van der Waals surface area contributed by atoms with Crippen molar-refractivity contribution in [3.05, 3.63) is 35.8 Å². The fourth-order valence-electron chi connectivity index (χ4n) is 2.26. The molecule has 1 aromatic heterocycles. The molecule has 2 aromatic rings. The van der Waals surface area contributed by atoms with Crippen LogP contribution in [-0.2, 0) is 4.79 Å². The number of halogens is 1. The first-order chi connectivity index (χ1) is 7.68. The number of carboxylic acids is 1. The van der Waals surface area contributed by atoms with E-state index in [0.29, 0.717) is 11.9 Å². The van der Waals surface area contributed by atoms with E-state index in [0.717, 1.165) is 10.9 Å². The molecule has 2 atom stereocenters. The maximum atomic E-state index is 13.4. The SMILES string of the molecule is O=C(O)[C@@H]1C[C@H]1c1c[nH]c2c(F)cccc12. The molecule has 16 heavy (non-hydrogen) atoms. The van der Waals surface area contributed by atoms with Crippen LogP contribution in [0.15, 0.2) is 24.4 Å². The van der Waals surface area contributed by atoms with Gasteiger partial charge in [0.05, 0.1) is 11.4 Å². The van der Waals surface area contributed by atoms with E-state index in [4.69, 9.17) is 5.11 Å². The van der Waals surface area contributed by atoms with Gasteiger partial charge in [0.15, 0.2) is 0 Å². The summed E-state index contributed by atoms with van der Waals surface area (Å²) in [5, 5.41) is 9.66. The molecular weight excluding hydrogens is 209 g/mol. The van der Waals surface area contributed by atoms with E-state index in [9.17, 15) is 9.18 Å². The number of aromatic amines is 1. The summed E-state index contributed by atoms with van der Waals surface area (Å²) in [5.41, 5.74) is 1.38. The molecule has 1 heterocycles. The second kappa shape index (κ2) is 3.07. The molecule has 0 aliphatic heterocycles. The fourth-order valence-corrected chi connectivity index (χ4v) is 2.26. The van der Waals surface area contributed by atoms with Gasteiger partial charge in [0.2, 0.25) is 0 Å². The highest BCUT2D eigenvalue weighted by molar-refractivity contribution is 5.86. The predicted octanol–water partition coefficient (Wildman–Crippen LogP) is 2.50. The fraction of sp³-hybridized carbons (Fsp3) is 0.250. The number of benzene rings is 1. The number of carboxylic acid groups (broad SMARTS) is 1. The molecule has 0 unspecified atom stereocenters. The Morgan fingerprint density at radius 2 is 2.31 bits per heavy atom. The monoisotopic (exact) mass is 219 g/mol. The van der Waals surface area contributed by atoms with Gasteiger partial charge in [-0.25, -0.2) is 4.39 Å². The molecular formula is C12H10FNO2. The molecule has 1 aliphatic carbocycles. The van der Waals surface area contributed by atoms with Crippen LogP contribution in [0.25, 0.3) is 10.9 Å². The number of hydrogen-bond acceptors (Lipinski definition) is 1. The van der Waals surface area contributed by atoms with E-state index >= 15 is 0 Å². The lowest BCUT2D eigenvalue weighted by molar-refractivity contribution is -0.138. The summed E-state index contributed by atoms with van der Waals surface area (Å²) in [6.45, 7) is 0. The number of nitrogens with one attached hydrogen (secondary N) is 1. The van der Waals surface area contributed by atoms with Gasteiger partial charge in [-0.15, -0.1) is 0 Å². The summed E-state index contributed by atoms with van der Waals surface area (Å²) in [6.07, 6.45) is 2.38. The highest BCUT2D eigenvalue weighted by Gasteiger charge is 2.45. The zero-order chi connectivity index (χ0) is 11.3. The molecule has 0 radical (unpaired) electrons. The summed E-state index contributed by atoms with van der Waals surface area (Å²) in [4.78, 5) is 13.7. The van der Waals surface area contributed by atoms with Gasteiger partial charge in [-0.1, -0.05) is 12.1 Å². The van der Waals surface area contributed by atoms with Crippen molar-refractivity contribution in [1.82, 2.24) is 4.98 Å². The average Bonchev–Trinajstić information content (AvgIpc) is 2.93. The number of aliphatic carboxylic acids is 1. The molecule has 4 heteroatoms. The summed E-state index contributed by atoms with van der Waals surface area (Å²) in [7, 11) is 0. The van der Waals surface area contributed by atoms with E-state index in [2.05, 4.69) is 4.98 Å². The molecule has 1 aromatic carbocycles. The Morgan fingerprint density at radius 3 is 3.00 bits per heavy atom. The number of para-hydroxylation sites is 1. The van der Waals surface area contributed by atoms with Gasteiger partial charge in [-0.3, -0.25) is 4.79 Å². The molecule has 0 saturated heterocycles. The third-order valence-electron chi connectivity index (χ3n) is 3.20. The Bertz CT molecular complexity index is 575. The third-order valence-corrected chi connectivity index (χ3v) is 3.20. The number of hydrogen-bond donors (Lipinski definition) is 2. The largest absolute Gasteiger partial charge is 0.481 e. The first-order valence-electron chi connectivity index (χ1n) is 5.17. The van der Waals surface area contributed by atoms with E-state index < -0.39 is 5.97 Å². The Kier molecular flexibility index (Phi) is 1.80. The molecule has 1 saturated carbocycles. The maximum Gasteiger partial charge on any atom is 0.307 e. The molecule has 0 spiro atoms. The Morgan fingerprint density at radius 1 is 1.50 bits per heavy atom. The van der Waals surface area contributed by atoms with Crippen LogP contribution < -0.4 is 0 Å². The molecule has 1 aliphatic rings. The molecule has 0 bridgehead atoms. The van der Waals surface area contributed by atoms with Crippen LogP contribution in [0, 0.1) is 11.7 Å². The smallest absolute Gasteiger partial charge is 0.307 e. The van der Waals surface area contributed by atoms with Crippen LogP contribution in [0.1, 0.15) is 17.9 Å². The second-order valence-electron chi connectivity index (χ2n) is 4.19. The molecule has 82 valence electrons. The predicted molar refractivity (Wildman–Crippen MR) is 56.7 cm³/mol. The Balaban J connectivity index is 2.07. The molecule has 2 N–H and O–H groups in total. The van der Waals surface area contributed by atoms with Crippen molar-refractivity contribution >= 4 is 16.9 Å². The number of carbonyl (C=O) groups is 1. The van der Waals surface area contributed by atoms with Crippen LogP contribution in [-0.4, -0.2) is 16.1 Å². The van der Waals surface area contributed by atoms with E-state index in [1.54, 1.807) is 12.3 Å². The van der Waals surface area contributed by atoms with Gasteiger partial charge in [-0.2, -0.15) is 0 Å². The van der Waals surface area contributed by atoms with E-state index in [1.165, 1.54) is 6.07 Å². The van der Waals surface area contributed by atoms with Gasteiger partial charge in [0.25, 0.3) is 0 Å². The highest BCUT2D eigenvalue weighted by atomic mass is 19.1. The lowest BCUT2D eigenvalue weighted by Gasteiger charge is -1.96. The van der Waals surface area contributed by atoms with Gasteiger partial charge in [-0.05, 0) is 18.1 Å². The molecule has 3 nitrogen and oxygen atoms in total.